The van der Waals surface area contributed by atoms with Crippen molar-refractivity contribution in [2.75, 3.05) is 31.8 Å². The minimum Gasteiger partial charge on any atom is -0.497 e. The zero-order valence-electron chi connectivity index (χ0n) is 23.4. The number of nitrogens with zero attached hydrogens (tertiary/aromatic N) is 2. The lowest BCUT2D eigenvalue weighted by Crippen LogP contribution is -2.57. The zero-order chi connectivity index (χ0) is 29.4. The first-order valence-electron chi connectivity index (χ1n) is 13.8. The van der Waals surface area contributed by atoms with Gasteiger partial charge in [-0.3, -0.25) is 14.4 Å². The highest BCUT2D eigenvalue weighted by atomic mass is 16.6. The number of hydrogen-bond donors (Lipinski definition) is 1. The molecule has 0 aromatic heterocycles. The standard InChI is InChI=1S/C32H36N2O7/c1-5-18-33(22-12-14-23(39-4)15-13-22)29(37)27-32-17-16-31(3,41-32)26(30(38)40-19-6-2)25(32)28(36)34(27)24(20-35)21-10-8-7-9-11-21/h5-15,24-27,35H,1-2,16-20H2,3-4H3/t24-,25+,26+,27?,31-,32?/m1/s1. The van der Waals surface area contributed by atoms with Crippen molar-refractivity contribution in [1.29, 1.82) is 0 Å². The van der Waals surface area contributed by atoms with Gasteiger partial charge in [-0.05, 0) is 49.6 Å². The van der Waals surface area contributed by atoms with Crippen LogP contribution in [-0.2, 0) is 23.9 Å². The van der Waals surface area contributed by atoms with Gasteiger partial charge in [0.1, 0.15) is 29.9 Å². The molecule has 3 heterocycles. The summed E-state index contributed by atoms with van der Waals surface area (Å²) >= 11 is 0. The van der Waals surface area contributed by atoms with E-state index in [0.717, 1.165) is 0 Å². The molecule has 2 aromatic carbocycles. The van der Waals surface area contributed by atoms with Crippen LogP contribution in [0.25, 0.3) is 0 Å². The van der Waals surface area contributed by atoms with Gasteiger partial charge in [0.05, 0.1) is 31.3 Å². The number of rotatable bonds is 11. The summed E-state index contributed by atoms with van der Waals surface area (Å²) < 4.78 is 17.4. The maximum absolute atomic E-state index is 14.7. The van der Waals surface area contributed by atoms with Crippen LogP contribution in [-0.4, -0.2) is 71.9 Å². The predicted molar refractivity (Wildman–Crippen MR) is 152 cm³/mol. The van der Waals surface area contributed by atoms with Crippen LogP contribution in [0.15, 0.2) is 79.9 Å². The van der Waals surface area contributed by atoms with E-state index < -0.39 is 53.6 Å². The van der Waals surface area contributed by atoms with E-state index in [2.05, 4.69) is 13.2 Å². The molecule has 3 aliphatic heterocycles. The number of amides is 2. The van der Waals surface area contributed by atoms with Gasteiger partial charge in [-0.2, -0.15) is 0 Å². The molecule has 0 radical (unpaired) electrons. The summed E-state index contributed by atoms with van der Waals surface area (Å²) in [4.78, 5) is 45.6. The average Bonchev–Trinajstić information content (AvgIpc) is 3.56. The van der Waals surface area contributed by atoms with E-state index in [1.54, 1.807) is 42.4 Å². The normalized spacial score (nSPS) is 28.6. The summed E-state index contributed by atoms with van der Waals surface area (Å²) in [5.41, 5.74) is -1.00. The second-order valence-corrected chi connectivity index (χ2v) is 10.9. The smallest absolute Gasteiger partial charge is 0.313 e. The summed E-state index contributed by atoms with van der Waals surface area (Å²) in [5, 5.41) is 10.7. The molecule has 1 spiro atoms. The first kappa shape index (κ1) is 28.6. The number of likely N-dealkylation sites (tertiary alicyclic amines) is 1. The van der Waals surface area contributed by atoms with Gasteiger partial charge in [0.2, 0.25) is 5.91 Å². The molecule has 2 amide bonds. The number of fused-ring (bicyclic) bond motifs is 1. The molecule has 41 heavy (non-hydrogen) atoms. The Balaban J connectivity index is 1.65. The molecule has 3 saturated heterocycles. The molecule has 2 bridgehead atoms. The van der Waals surface area contributed by atoms with Crippen molar-refractivity contribution in [3.8, 4) is 5.75 Å². The van der Waals surface area contributed by atoms with Crippen LogP contribution < -0.4 is 9.64 Å². The molecule has 3 aliphatic rings. The van der Waals surface area contributed by atoms with E-state index in [9.17, 15) is 19.5 Å². The second-order valence-electron chi connectivity index (χ2n) is 10.9. The highest BCUT2D eigenvalue weighted by Crippen LogP contribution is 2.64. The Morgan fingerprint density at radius 3 is 2.46 bits per heavy atom. The monoisotopic (exact) mass is 560 g/mol. The molecular weight excluding hydrogens is 524 g/mol. The SMILES string of the molecule is C=CCOC(=O)[C@@H]1[C@H]2C(=O)N([C@H](CO)c3ccccc3)C(C(=O)N(CC=C)c3ccc(OC)cc3)C23CC[C@@]1(C)O3. The number of benzene rings is 2. The van der Waals surface area contributed by atoms with E-state index >= 15 is 0 Å². The van der Waals surface area contributed by atoms with Crippen LogP contribution >= 0.6 is 0 Å². The van der Waals surface area contributed by atoms with Gasteiger partial charge in [-0.25, -0.2) is 0 Å². The van der Waals surface area contributed by atoms with Gasteiger partial charge < -0.3 is 29.1 Å². The number of anilines is 1. The lowest BCUT2D eigenvalue weighted by molar-refractivity contribution is -0.159. The number of methoxy groups -OCH3 is 1. The number of ether oxygens (including phenoxy) is 3. The van der Waals surface area contributed by atoms with Crippen molar-refractivity contribution < 1.29 is 33.7 Å². The number of esters is 1. The number of aliphatic hydroxyl groups is 1. The summed E-state index contributed by atoms with van der Waals surface area (Å²) in [6.45, 7) is 9.02. The Morgan fingerprint density at radius 1 is 1.15 bits per heavy atom. The van der Waals surface area contributed by atoms with Crippen LogP contribution in [0.3, 0.4) is 0 Å². The third kappa shape index (κ3) is 4.53. The second kappa shape index (κ2) is 11.1. The minimum absolute atomic E-state index is 0.000734. The first-order chi connectivity index (χ1) is 19.8. The maximum Gasteiger partial charge on any atom is 0.313 e. The number of hydrogen-bond acceptors (Lipinski definition) is 7. The molecule has 1 N–H and O–H groups in total. The topological polar surface area (TPSA) is 106 Å². The molecule has 9 nitrogen and oxygen atoms in total. The van der Waals surface area contributed by atoms with Crippen molar-refractivity contribution in [3.05, 3.63) is 85.5 Å². The zero-order valence-corrected chi connectivity index (χ0v) is 23.4. The van der Waals surface area contributed by atoms with Crippen molar-refractivity contribution in [1.82, 2.24) is 4.90 Å². The van der Waals surface area contributed by atoms with E-state index in [0.29, 0.717) is 29.8 Å². The molecule has 2 unspecified atom stereocenters. The van der Waals surface area contributed by atoms with Crippen LogP contribution in [0.4, 0.5) is 5.69 Å². The molecule has 6 atom stereocenters. The quantitative estimate of drug-likeness (QED) is 0.332. The van der Waals surface area contributed by atoms with Gasteiger partial charge in [0.15, 0.2) is 0 Å². The molecule has 0 aliphatic carbocycles. The molecule has 0 saturated carbocycles. The van der Waals surface area contributed by atoms with Crippen LogP contribution in [0.2, 0.25) is 0 Å². The Kier molecular flexibility index (Phi) is 7.76. The third-order valence-electron chi connectivity index (χ3n) is 8.70. The Labute approximate surface area is 240 Å². The van der Waals surface area contributed by atoms with Gasteiger partial charge >= 0.3 is 5.97 Å². The molecular formula is C32H36N2O7. The molecule has 3 fully saturated rings. The fourth-order valence-corrected chi connectivity index (χ4v) is 6.96. The number of carbonyl (C=O) groups is 3. The van der Waals surface area contributed by atoms with E-state index in [1.165, 1.54) is 11.0 Å². The largest absolute Gasteiger partial charge is 0.497 e. The Morgan fingerprint density at radius 2 is 1.85 bits per heavy atom. The molecule has 5 rings (SSSR count). The van der Waals surface area contributed by atoms with Crippen molar-refractivity contribution in [3.63, 3.8) is 0 Å². The van der Waals surface area contributed by atoms with Crippen LogP contribution in [0.5, 0.6) is 5.75 Å². The van der Waals surface area contributed by atoms with Crippen molar-refractivity contribution >= 4 is 23.5 Å². The molecule has 216 valence electrons. The number of aliphatic hydroxyl groups excluding tert-OH is 1. The van der Waals surface area contributed by atoms with E-state index in [4.69, 9.17) is 14.2 Å². The highest BCUT2D eigenvalue weighted by molar-refractivity contribution is 6.05. The minimum atomic E-state index is -1.28. The average molecular weight is 561 g/mol. The molecule has 9 heteroatoms. The summed E-state index contributed by atoms with van der Waals surface area (Å²) in [7, 11) is 1.56. The molecule has 2 aromatic rings. The highest BCUT2D eigenvalue weighted by Gasteiger charge is 2.79. The fraction of sp³-hybridized carbons (Fsp3) is 0.406. The van der Waals surface area contributed by atoms with Crippen LogP contribution in [0, 0.1) is 11.8 Å². The summed E-state index contributed by atoms with van der Waals surface area (Å²) in [6, 6.07) is 14.2. The summed E-state index contributed by atoms with van der Waals surface area (Å²) in [5.74, 6) is -2.58. The maximum atomic E-state index is 14.7. The van der Waals surface area contributed by atoms with E-state index in [-0.39, 0.29) is 19.1 Å². The lowest BCUT2D eigenvalue weighted by atomic mass is 9.66. The van der Waals surface area contributed by atoms with Gasteiger partial charge in [-0.15, -0.1) is 6.58 Å². The van der Waals surface area contributed by atoms with Crippen molar-refractivity contribution in [2.45, 2.75) is 43.1 Å². The van der Waals surface area contributed by atoms with Crippen molar-refractivity contribution in [2.24, 2.45) is 11.8 Å². The van der Waals surface area contributed by atoms with Gasteiger partial charge in [-0.1, -0.05) is 49.1 Å². The van der Waals surface area contributed by atoms with Gasteiger partial charge in [0, 0.05) is 12.2 Å². The van der Waals surface area contributed by atoms with E-state index in [1.807, 2.05) is 37.3 Å². The third-order valence-corrected chi connectivity index (χ3v) is 8.70. The Hall–Kier alpha value is -3.95. The lowest BCUT2D eigenvalue weighted by Gasteiger charge is -2.39. The number of carbonyl (C=O) groups excluding carboxylic acids is 3. The predicted octanol–water partition coefficient (Wildman–Crippen LogP) is 3.44. The summed E-state index contributed by atoms with van der Waals surface area (Å²) in [6.07, 6.45) is 3.96. The first-order valence-corrected chi connectivity index (χ1v) is 13.8. The van der Waals surface area contributed by atoms with Crippen LogP contribution in [0.1, 0.15) is 31.4 Å². The Bertz CT molecular complexity index is 1330. The fourth-order valence-electron chi connectivity index (χ4n) is 6.96. The van der Waals surface area contributed by atoms with Gasteiger partial charge in [0.25, 0.3) is 5.91 Å².